The van der Waals surface area contributed by atoms with Crippen molar-refractivity contribution in [2.75, 3.05) is 18.5 Å². The molecule has 4 aliphatic rings. The van der Waals surface area contributed by atoms with E-state index in [2.05, 4.69) is 10.6 Å². The molecule has 158 valence electrons. The van der Waals surface area contributed by atoms with E-state index >= 15 is 0 Å². The van der Waals surface area contributed by atoms with Crippen LogP contribution in [-0.2, 0) is 14.3 Å². The Morgan fingerprint density at radius 1 is 1.07 bits per heavy atom. The minimum absolute atomic E-state index is 0.242. The largest absolute Gasteiger partial charge is 0.452 e. The van der Waals surface area contributed by atoms with Gasteiger partial charge in [-0.1, -0.05) is 0 Å². The summed E-state index contributed by atoms with van der Waals surface area (Å²) >= 11 is 1.34. The van der Waals surface area contributed by atoms with Crippen LogP contribution >= 0.6 is 11.3 Å². The average Bonchev–Trinajstić information content (AvgIpc) is 2.90. The first kappa shape index (κ1) is 20.4. The van der Waals surface area contributed by atoms with Crippen LogP contribution in [0, 0.1) is 37.0 Å². The molecular formula is C22H30N2O4S. The van der Waals surface area contributed by atoms with Gasteiger partial charge in [0.05, 0.1) is 5.56 Å². The second kappa shape index (κ2) is 7.74. The molecule has 4 fully saturated rings. The molecule has 2 amide bonds. The lowest BCUT2D eigenvalue weighted by Gasteiger charge is -2.56. The maximum atomic E-state index is 12.6. The molecule has 29 heavy (non-hydrogen) atoms. The fraction of sp³-hybridized carbons (Fsp3) is 0.682. The summed E-state index contributed by atoms with van der Waals surface area (Å²) < 4.78 is 5.28. The SMILES string of the molecule is CC(=O)Nc1sc(C)c(C)c1C(=O)OCC(=O)NCC12CC3CC(CC(C3)C1)C2. The van der Waals surface area contributed by atoms with Crippen molar-refractivity contribution in [3.05, 3.63) is 16.0 Å². The molecule has 1 heterocycles. The quantitative estimate of drug-likeness (QED) is 0.688. The highest BCUT2D eigenvalue weighted by molar-refractivity contribution is 7.16. The number of amides is 2. The Labute approximate surface area is 175 Å². The Balaban J connectivity index is 1.31. The molecule has 1 aromatic rings. The van der Waals surface area contributed by atoms with E-state index in [1.54, 1.807) is 0 Å². The zero-order valence-corrected chi connectivity index (χ0v) is 18.2. The van der Waals surface area contributed by atoms with Crippen molar-refractivity contribution in [2.24, 2.45) is 23.2 Å². The third-order valence-electron chi connectivity index (χ3n) is 7.04. The van der Waals surface area contributed by atoms with Gasteiger partial charge in [0.15, 0.2) is 6.61 Å². The maximum Gasteiger partial charge on any atom is 0.341 e. The number of anilines is 1. The Bertz CT molecular complexity index is 809. The third kappa shape index (κ3) is 4.20. The number of hydrogen-bond acceptors (Lipinski definition) is 5. The van der Waals surface area contributed by atoms with Gasteiger partial charge in [-0.3, -0.25) is 9.59 Å². The van der Waals surface area contributed by atoms with Crippen molar-refractivity contribution in [1.29, 1.82) is 0 Å². The number of thiophene rings is 1. The molecule has 0 spiro atoms. The predicted molar refractivity (Wildman–Crippen MR) is 112 cm³/mol. The van der Waals surface area contributed by atoms with Gasteiger partial charge in [-0.15, -0.1) is 11.3 Å². The minimum Gasteiger partial charge on any atom is -0.452 e. The summed E-state index contributed by atoms with van der Waals surface area (Å²) in [4.78, 5) is 37.3. The first-order chi connectivity index (χ1) is 13.7. The molecule has 2 N–H and O–H groups in total. The van der Waals surface area contributed by atoms with Gasteiger partial charge in [-0.25, -0.2) is 4.79 Å². The summed E-state index contributed by atoms with van der Waals surface area (Å²) in [5.74, 6) is 1.46. The van der Waals surface area contributed by atoms with Crippen molar-refractivity contribution in [3.8, 4) is 0 Å². The first-order valence-corrected chi connectivity index (χ1v) is 11.4. The van der Waals surface area contributed by atoms with E-state index in [9.17, 15) is 14.4 Å². The molecule has 0 saturated heterocycles. The number of hydrogen-bond donors (Lipinski definition) is 2. The van der Waals surface area contributed by atoms with E-state index in [-0.39, 0.29) is 23.8 Å². The molecule has 0 radical (unpaired) electrons. The maximum absolute atomic E-state index is 12.6. The number of aryl methyl sites for hydroxylation is 1. The molecule has 0 unspecified atom stereocenters. The third-order valence-corrected chi connectivity index (χ3v) is 8.16. The van der Waals surface area contributed by atoms with Gasteiger partial charge in [0.2, 0.25) is 5.91 Å². The highest BCUT2D eigenvalue weighted by atomic mass is 32.1. The van der Waals surface area contributed by atoms with Crippen molar-refractivity contribution in [2.45, 2.75) is 59.3 Å². The van der Waals surface area contributed by atoms with Gasteiger partial charge >= 0.3 is 5.97 Å². The van der Waals surface area contributed by atoms with Crippen LogP contribution in [0.4, 0.5) is 5.00 Å². The smallest absolute Gasteiger partial charge is 0.341 e. The topological polar surface area (TPSA) is 84.5 Å². The molecule has 4 saturated carbocycles. The normalized spacial score (nSPS) is 29.6. The molecular weight excluding hydrogens is 388 g/mol. The van der Waals surface area contributed by atoms with Crippen LogP contribution in [0.15, 0.2) is 0 Å². The van der Waals surface area contributed by atoms with Crippen LogP contribution in [0.25, 0.3) is 0 Å². The van der Waals surface area contributed by atoms with Gasteiger partial charge in [0, 0.05) is 18.3 Å². The van der Waals surface area contributed by atoms with Crippen LogP contribution in [-0.4, -0.2) is 30.9 Å². The summed E-state index contributed by atoms with van der Waals surface area (Å²) in [6, 6.07) is 0. The van der Waals surface area contributed by atoms with E-state index in [4.69, 9.17) is 4.74 Å². The number of rotatable bonds is 6. The Kier molecular flexibility index (Phi) is 5.44. The van der Waals surface area contributed by atoms with Crippen LogP contribution in [0.3, 0.4) is 0 Å². The van der Waals surface area contributed by atoms with E-state index in [1.165, 1.54) is 56.8 Å². The van der Waals surface area contributed by atoms with E-state index in [0.717, 1.165) is 28.2 Å². The Morgan fingerprint density at radius 3 is 2.21 bits per heavy atom. The average molecular weight is 419 g/mol. The number of esters is 1. The lowest BCUT2D eigenvalue weighted by atomic mass is 9.49. The number of ether oxygens (including phenoxy) is 1. The second-order valence-corrected chi connectivity index (χ2v) is 10.7. The van der Waals surface area contributed by atoms with Crippen LogP contribution in [0.1, 0.15) is 66.2 Å². The molecule has 1 aromatic heterocycles. The molecule has 0 aliphatic heterocycles. The van der Waals surface area contributed by atoms with Crippen molar-refractivity contribution < 1.29 is 19.1 Å². The highest BCUT2D eigenvalue weighted by Gasteiger charge is 2.50. The van der Waals surface area contributed by atoms with Gasteiger partial charge in [-0.2, -0.15) is 0 Å². The van der Waals surface area contributed by atoms with Gasteiger partial charge < -0.3 is 15.4 Å². The molecule has 4 bridgehead atoms. The monoisotopic (exact) mass is 418 g/mol. The molecule has 0 aromatic carbocycles. The van der Waals surface area contributed by atoms with Crippen LogP contribution in [0.5, 0.6) is 0 Å². The van der Waals surface area contributed by atoms with E-state index in [0.29, 0.717) is 17.1 Å². The van der Waals surface area contributed by atoms with Gasteiger partial charge in [0.25, 0.3) is 5.91 Å². The van der Waals surface area contributed by atoms with Crippen molar-refractivity contribution in [1.82, 2.24) is 5.32 Å². The fourth-order valence-electron chi connectivity index (χ4n) is 6.17. The second-order valence-electron chi connectivity index (χ2n) is 9.44. The standard InChI is InChI=1S/C22H30N2O4S/c1-12-13(2)29-20(24-14(3)25)19(12)21(27)28-10-18(26)23-11-22-7-15-4-16(8-22)6-17(5-15)9-22/h15-17H,4-11H2,1-3H3,(H,23,26)(H,24,25). The molecule has 0 atom stereocenters. The molecule has 5 rings (SSSR count). The van der Waals surface area contributed by atoms with Crippen LogP contribution < -0.4 is 10.6 Å². The minimum atomic E-state index is -0.569. The number of carbonyl (C=O) groups is 3. The highest BCUT2D eigenvalue weighted by Crippen LogP contribution is 2.59. The lowest BCUT2D eigenvalue weighted by Crippen LogP contribution is -2.51. The molecule has 7 heteroatoms. The van der Waals surface area contributed by atoms with Gasteiger partial charge in [0.1, 0.15) is 5.00 Å². The zero-order chi connectivity index (χ0) is 20.8. The first-order valence-electron chi connectivity index (χ1n) is 10.6. The van der Waals surface area contributed by atoms with Gasteiger partial charge in [-0.05, 0) is 81.1 Å². The summed E-state index contributed by atoms with van der Waals surface area (Å²) in [6.07, 6.45) is 7.81. The summed E-state index contributed by atoms with van der Waals surface area (Å²) in [7, 11) is 0. The van der Waals surface area contributed by atoms with Crippen LogP contribution in [0.2, 0.25) is 0 Å². The summed E-state index contributed by atoms with van der Waals surface area (Å²) in [6.45, 7) is 5.51. The molecule has 6 nitrogen and oxygen atoms in total. The summed E-state index contributed by atoms with van der Waals surface area (Å²) in [5.41, 5.74) is 1.38. The van der Waals surface area contributed by atoms with E-state index in [1.807, 2.05) is 13.8 Å². The molecule has 4 aliphatic carbocycles. The number of carbonyl (C=O) groups excluding carboxylic acids is 3. The predicted octanol–water partition coefficient (Wildman–Crippen LogP) is 3.81. The van der Waals surface area contributed by atoms with E-state index < -0.39 is 5.97 Å². The summed E-state index contributed by atoms with van der Waals surface area (Å²) in [5, 5.41) is 6.19. The van der Waals surface area contributed by atoms with Crippen molar-refractivity contribution in [3.63, 3.8) is 0 Å². The lowest BCUT2D eigenvalue weighted by molar-refractivity contribution is -0.126. The number of nitrogens with one attached hydrogen (secondary N) is 2. The zero-order valence-electron chi connectivity index (χ0n) is 17.4. The Hall–Kier alpha value is -1.89. The van der Waals surface area contributed by atoms with Crippen molar-refractivity contribution >= 4 is 34.1 Å². The Morgan fingerprint density at radius 2 is 1.66 bits per heavy atom. The fourth-order valence-corrected chi connectivity index (χ4v) is 7.26.